The summed E-state index contributed by atoms with van der Waals surface area (Å²) >= 11 is 4.02. The number of hydrogen-bond acceptors (Lipinski definition) is 4. The molecule has 2 aliphatic rings. The fourth-order valence-electron chi connectivity index (χ4n) is 3.66. The molecule has 0 spiro atoms. The van der Waals surface area contributed by atoms with Gasteiger partial charge in [0.1, 0.15) is 0 Å². The minimum atomic E-state index is -0.0324. The highest BCUT2D eigenvalue weighted by Gasteiger charge is 2.18. The Balaban J connectivity index is 1.46. The van der Waals surface area contributed by atoms with Crippen LogP contribution in [-0.4, -0.2) is 30.5 Å². The second kappa shape index (κ2) is 9.07. The zero-order chi connectivity index (χ0) is 18.5. The number of carbonyl (C=O) groups excluding carboxylic acids is 1. The fourth-order valence-corrected chi connectivity index (χ4v) is 6.55. The van der Waals surface area contributed by atoms with Crippen LogP contribution in [0.15, 0.2) is 48.5 Å². The standard InChI is InChI=1S/C22H26N2OS2/c25-21(17-9-11-18(12-10-17)22-26-15-6-16-27-22)23-19-7-2-3-8-20(19)24-13-4-1-5-14-24/h2-3,7-12,22H,1,4-6,13-16H2,(H,23,25). The summed E-state index contributed by atoms with van der Waals surface area (Å²) in [5.74, 6) is 2.43. The number of piperidine rings is 1. The largest absolute Gasteiger partial charge is 0.370 e. The molecule has 0 saturated carbocycles. The number of anilines is 2. The van der Waals surface area contributed by atoms with E-state index in [4.69, 9.17) is 0 Å². The van der Waals surface area contributed by atoms with Crippen LogP contribution in [0.3, 0.4) is 0 Å². The first kappa shape index (κ1) is 18.8. The third kappa shape index (κ3) is 4.64. The average molecular weight is 399 g/mol. The number of carbonyl (C=O) groups is 1. The Morgan fingerprint density at radius 1 is 0.889 bits per heavy atom. The van der Waals surface area contributed by atoms with Crippen molar-refractivity contribution in [2.24, 2.45) is 0 Å². The molecule has 0 bridgehead atoms. The van der Waals surface area contributed by atoms with Gasteiger partial charge >= 0.3 is 0 Å². The van der Waals surface area contributed by atoms with Crippen LogP contribution in [-0.2, 0) is 0 Å². The topological polar surface area (TPSA) is 32.3 Å². The number of hydrogen-bond donors (Lipinski definition) is 1. The zero-order valence-corrected chi connectivity index (χ0v) is 17.2. The lowest BCUT2D eigenvalue weighted by atomic mass is 10.1. The summed E-state index contributed by atoms with van der Waals surface area (Å²) in [7, 11) is 0. The van der Waals surface area contributed by atoms with Crippen LogP contribution in [0.4, 0.5) is 11.4 Å². The normalized spacial score (nSPS) is 18.3. The van der Waals surface area contributed by atoms with E-state index in [1.165, 1.54) is 42.8 Å². The number of amides is 1. The molecule has 0 radical (unpaired) electrons. The Morgan fingerprint density at radius 2 is 1.59 bits per heavy atom. The van der Waals surface area contributed by atoms with Gasteiger partial charge in [0.15, 0.2) is 0 Å². The SMILES string of the molecule is O=C(Nc1ccccc1N1CCCCC1)c1ccc(C2SCCCS2)cc1. The lowest BCUT2D eigenvalue weighted by Crippen LogP contribution is -2.30. The highest BCUT2D eigenvalue weighted by atomic mass is 32.2. The van der Waals surface area contributed by atoms with E-state index in [2.05, 4.69) is 28.4 Å². The maximum absolute atomic E-state index is 12.8. The molecule has 0 aliphatic carbocycles. The van der Waals surface area contributed by atoms with Gasteiger partial charge in [-0.15, -0.1) is 23.5 Å². The smallest absolute Gasteiger partial charge is 0.255 e. The Morgan fingerprint density at radius 3 is 2.33 bits per heavy atom. The van der Waals surface area contributed by atoms with E-state index in [1.807, 2.05) is 53.9 Å². The molecule has 1 amide bonds. The minimum absolute atomic E-state index is 0.0324. The van der Waals surface area contributed by atoms with Crippen molar-refractivity contribution in [3.63, 3.8) is 0 Å². The van der Waals surface area contributed by atoms with Crippen LogP contribution < -0.4 is 10.2 Å². The Hall–Kier alpha value is -1.59. The van der Waals surface area contributed by atoms with Crippen LogP contribution in [0.25, 0.3) is 0 Å². The van der Waals surface area contributed by atoms with Gasteiger partial charge in [0.2, 0.25) is 0 Å². The summed E-state index contributed by atoms with van der Waals surface area (Å²) < 4.78 is 0.510. The first-order valence-electron chi connectivity index (χ1n) is 9.80. The molecule has 0 atom stereocenters. The maximum atomic E-state index is 12.8. The molecular weight excluding hydrogens is 372 g/mol. The predicted octanol–water partition coefficient (Wildman–Crippen LogP) is 5.80. The van der Waals surface area contributed by atoms with Crippen LogP contribution in [0.1, 0.15) is 46.2 Å². The Kier molecular flexibility index (Phi) is 6.30. The number of nitrogens with one attached hydrogen (secondary N) is 1. The molecule has 2 aromatic carbocycles. The third-order valence-corrected chi connectivity index (χ3v) is 8.14. The number of nitrogens with zero attached hydrogens (tertiary/aromatic N) is 1. The number of para-hydroxylation sites is 2. The van der Waals surface area contributed by atoms with Gasteiger partial charge in [0.05, 0.1) is 16.0 Å². The summed E-state index contributed by atoms with van der Waals surface area (Å²) in [5, 5.41) is 3.13. The van der Waals surface area contributed by atoms with Gasteiger partial charge < -0.3 is 10.2 Å². The summed E-state index contributed by atoms with van der Waals surface area (Å²) in [6.07, 6.45) is 5.04. The molecule has 2 saturated heterocycles. The number of thioether (sulfide) groups is 2. The molecule has 2 fully saturated rings. The van der Waals surface area contributed by atoms with Gasteiger partial charge in [0.25, 0.3) is 5.91 Å². The van der Waals surface area contributed by atoms with Crippen molar-refractivity contribution in [3.05, 3.63) is 59.7 Å². The van der Waals surface area contributed by atoms with E-state index < -0.39 is 0 Å². The van der Waals surface area contributed by atoms with E-state index in [9.17, 15) is 4.79 Å². The first-order valence-corrected chi connectivity index (χ1v) is 11.9. The number of benzene rings is 2. The van der Waals surface area contributed by atoms with Crippen LogP contribution in [0.5, 0.6) is 0 Å². The van der Waals surface area contributed by atoms with E-state index in [0.29, 0.717) is 4.58 Å². The van der Waals surface area contributed by atoms with E-state index >= 15 is 0 Å². The van der Waals surface area contributed by atoms with Crippen molar-refractivity contribution < 1.29 is 4.79 Å². The minimum Gasteiger partial charge on any atom is -0.370 e. The molecule has 27 heavy (non-hydrogen) atoms. The van der Waals surface area contributed by atoms with Crippen LogP contribution in [0.2, 0.25) is 0 Å². The van der Waals surface area contributed by atoms with Gasteiger partial charge in [-0.25, -0.2) is 0 Å². The molecular formula is C22H26N2OS2. The highest BCUT2D eigenvalue weighted by molar-refractivity contribution is 8.16. The lowest BCUT2D eigenvalue weighted by molar-refractivity contribution is 0.102. The molecule has 0 unspecified atom stereocenters. The fraction of sp³-hybridized carbons (Fsp3) is 0.409. The molecule has 142 valence electrons. The maximum Gasteiger partial charge on any atom is 0.255 e. The van der Waals surface area contributed by atoms with Gasteiger partial charge in [-0.2, -0.15) is 0 Å². The van der Waals surface area contributed by atoms with Crippen molar-refractivity contribution in [1.29, 1.82) is 0 Å². The van der Waals surface area contributed by atoms with Crippen molar-refractivity contribution in [1.82, 2.24) is 0 Å². The van der Waals surface area contributed by atoms with Crippen molar-refractivity contribution in [3.8, 4) is 0 Å². The first-order chi connectivity index (χ1) is 13.3. The molecule has 2 aromatic rings. The van der Waals surface area contributed by atoms with Crippen LogP contribution in [0, 0.1) is 0 Å². The molecule has 1 N–H and O–H groups in total. The van der Waals surface area contributed by atoms with Crippen LogP contribution >= 0.6 is 23.5 Å². The summed E-state index contributed by atoms with van der Waals surface area (Å²) in [6.45, 7) is 2.14. The molecule has 5 heteroatoms. The highest BCUT2D eigenvalue weighted by Crippen LogP contribution is 2.43. The van der Waals surface area contributed by atoms with E-state index in [-0.39, 0.29) is 5.91 Å². The Bertz CT molecular complexity index is 766. The zero-order valence-electron chi connectivity index (χ0n) is 15.5. The summed E-state index contributed by atoms with van der Waals surface area (Å²) in [5.41, 5.74) is 4.08. The quantitative estimate of drug-likeness (QED) is 0.706. The van der Waals surface area contributed by atoms with E-state index in [1.54, 1.807) is 0 Å². The monoisotopic (exact) mass is 398 g/mol. The second-order valence-electron chi connectivity index (χ2n) is 7.07. The average Bonchev–Trinajstić information content (AvgIpc) is 2.75. The molecule has 3 nitrogen and oxygen atoms in total. The molecule has 2 aliphatic heterocycles. The third-order valence-electron chi connectivity index (χ3n) is 5.12. The summed E-state index contributed by atoms with van der Waals surface area (Å²) in [6, 6.07) is 16.3. The van der Waals surface area contributed by atoms with Crippen molar-refractivity contribution in [2.45, 2.75) is 30.3 Å². The summed E-state index contributed by atoms with van der Waals surface area (Å²) in [4.78, 5) is 15.2. The second-order valence-corrected chi connectivity index (χ2v) is 9.79. The van der Waals surface area contributed by atoms with Gasteiger partial charge in [-0.05, 0) is 67.0 Å². The van der Waals surface area contributed by atoms with Gasteiger partial charge in [-0.1, -0.05) is 24.3 Å². The van der Waals surface area contributed by atoms with Gasteiger partial charge in [0, 0.05) is 18.7 Å². The van der Waals surface area contributed by atoms with Gasteiger partial charge in [-0.3, -0.25) is 4.79 Å². The Labute approximate surface area is 170 Å². The molecule has 0 aromatic heterocycles. The lowest BCUT2D eigenvalue weighted by Gasteiger charge is -2.30. The molecule has 2 heterocycles. The molecule has 4 rings (SSSR count). The number of rotatable bonds is 4. The van der Waals surface area contributed by atoms with Crippen molar-refractivity contribution >= 4 is 40.8 Å². The van der Waals surface area contributed by atoms with Crippen molar-refractivity contribution in [2.75, 3.05) is 34.8 Å². The van der Waals surface area contributed by atoms with E-state index in [0.717, 1.165) is 30.0 Å². The predicted molar refractivity (Wildman–Crippen MR) is 119 cm³/mol.